The minimum Gasteiger partial charge on any atom is -0.493 e. The van der Waals surface area contributed by atoms with Gasteiger partial charge in [0.05, 0.1) is 25.3 Å². The molecular formula is C14H19N3O2. The smallest absolute Gasteiger partial charge is 0.162 e. The van der Waals surface area contributed by atoms with Crippen molar-refractivity contribution in [1.82, 2.24) is 14.9 Å². The van der Waals surface area contributed by atoms with E-state index in [1.807, 2.05) is 36.9 Å². The van der Waals surface area contributed by atoms with Gasteiger partial charge >= 0.3 is 0 Å². The Morgan fingerprint density at radius 2 is 2.16 bits per heavy atom. The van der Waals surface area contributed by atoms with E-state index in [0.29, 0.717) is 6.61 Å². The zero-order valence-corrected chi connectivity index (χ0v) is 11.5. The van der Waals surface area contributed by atoms with E-state index in [9.17, 15) is 0 Å². The molecule has 0 unspecified atom stereocenters. The molecule has 1 heterocycles. The minimum absolute atomic E-state index is 0.468. The van der Waals surface area contributed by atoms with Gasteiger partial charge in [0.1, 0.15) is 6.61 Å². The van der Waals surface area contributed by atoms with E-state index in [-0.39, 0.29) is 0 Å². The van der Waals surface area contributed by atoms with E-state index >= 15 is 0 Å². The Kier molecular flexibility index (Phi) is 4.41. The first-order valence-corrected chi connectivity index (χ1v) is 6.14. The summed E-state index contributed by atoms with van der Waals surface area (Å²) in [7, 11) is 5.50. The highest BCUT2D eigenvalue weighted by atomic mass is 16.5. The van der Waals surface area contributed by atoms with Crippen LogP contribution in [-0.2, 0) is 20.2 Å². The molecule has 0 aliphatic rings. The Morgan fingerprint density at radius 3 is 2.79 bits per heavy atom. The van der Waals surface area contributed by atoms with Crippen molar-refractivity contribution in [2.24, 2.45) is 7.05 Å². The summed E-state index contributed by atoms with van der Waals surface area (Å²) < 4.78 is 13.1. The molecule has 1 N–H and O–H groups in total. The van der Waals surface area contributed by atoms with Crippen LogP contribution in [0.3, 0.4) is 0 Å². The summed E-state index contributed by atoms with van der Waals surface area (Å²) in [6.45, 7) is 1.27. The number of hydrogen-bond donors (Lipinski definition) is 1. The number of nitrogens with one attached hydrogen (secondary N) is 1. The lowest BCUT2D eigenvalue weighted by molar-refractivity contribution is 0.277. The molecule has 0 fully saturated rings. The maximum atomic E-state index is 5.83. The van der Waals surface area contributed by atoms with Crippen molar-refractivity contribution in [3.8, 4) is 11.5 Å². The van der Waals surface area contributed by atoms with E-state index in [1.54, 1.807) is 19.6 Å². The van der Waals surface area contributed by atoms with Crippen molar-refractivity contribution in [1.29, 1.82) is 0 Å². The molecule has 0 saturated heterocycles. The molecule has 1 aromatic carbocycles. The van der Waals surface area contributed by atoms with Gasteiger partial charge in [-0.1, -0.05) is 6.07 Å². The minimum atomic E-state index is 0.468. The second kappa shape index (κ2) is 6.24. The Hall–Kier alpha value is -2.01. The maximum absolute atomic E-state index is 5.83. The predicted molar refractivity (Wildman–Crippen MR) is 73.3 cm³/mol. The first-order valence-electron chi connectivity index (χ1n) is 6.14. The van der Waals surface area contributed by atoms with Crippen LogP contribution in [-0.4, -0.2) is 23.7 Å². The molecule has 0 aliphatic heterocycles. The normalized spacial score (nSPS) is 10.5. The predicted octanol–water partition coefficient (Wildman–Crippen LogP) is 1.73. The van der Waals surface area contributed by atoms with Crippen molar-refractivity contribution in [3.05, 3.63) is 42.0 Å². The topological polar surface area (TPSA) is 48.3 Å². The van der Waals surface area contributed by atoms with Crippen LogP contribution in [0.5, 0.6) is 11.5 Å². The Labute approximate surface area is 113 Å². The van der Waals surface area contributed by atoms with Gasteiger partial charge in [-0.25, -0.2) is 4.98 Å². The summed E-state index contributed by atoms with van der Waals surface area (Å²) in [5.74, 6) is 1.48. The van der Waals surface area contributed by atoms with Gasteiger partial charge in [-0.15, -0.1) is 0 Å². The third-order valence-corrected chi connectivity index (χ3v) is 2.90. The van der Waals surface area contributed by atoms with Crippen molar-refractivity contribution < 1.29 is 9.47 Å². The third-order valence-electron chi connectivity index (χ3n) is 2.90. The highest BCUT2D eigenvalue weighted by Crippen LogP contribution is 2.28. The van der Waals surface area contributed by atoms with E-state index in [1.165, 1.54) is 0 Å². The van der Waals surface area contributed by atoms with Gasteiger partial charge in [0.15, 0.2) is 11.5 Å². The average Bonchev–Trinajstić information content (AvgIpc) is 2.82. The summed E-state index contributed by atoms with van der Waals surface area (Å²) in [6.07, 6.45) is 3.55. The molecule has 5 nitrogen and oxygen atoms in total. The molecule has 0 amide bonds. The quantitative estimate of drug-likeness (QED) is 0.860. The number of benzene rings is 1. The highest BCUT2D eigenvalue weighted by molar-refractivity contribution is 5.43. The van der Waals surface area contributed by atoms with Gasteiger partial charge in [-0.3, -0.25) is 0 Å². The van der Waals surface area contributed by atoms with Crippen molar-refractivity contribution in [3.63, 3.8) is 0 Å². The molecule has 2 rings (SSSR count). The van der Waals surface area contributed by atoms with Crippen LogP contribution >= 0.6 is 0 Å². The van der Waals surface area contributed by atoms with Gasteiger partial charge in [0.25, 0.3) is 0 Å². The second-order valence-corrected chi connectivity index (χ2v) is 4.30. The molecule has 102 valence electrons. The zero-order valence-electron chi connectivity index (χ0n) is 11.5. The van der Waals surface area contributed by atoms with E-state index in [4.69, 9.17) is 9.47 Å². The number of aryl methyl sites for hydroxylation is 1. The Bertz CT molecular complexity index is 537. The SMILES string of the molecule is CNCc1ccc(OC)c(OCc2cncn2C)c1. The number of methoxy groups -OCH3 is 1. The monoisotopic (exact) mass is 261 g/mol. The van der Waals surface area contributed by atoms with Crippen LogP contribution in [0.25, 0.3) is 0 Å². The lowest BCUT2D eigenvalue weighted by Crippen LogP contribution is -2.06. The summed E-state index contributed by atoms with van der Waals surface area (Å²) in [5, 5.41) is 3.12. The van der Waals surface area contributed by atoms with Crippen LogP contribution in [0.1, 0.15) is 11.3 Å². The van der Waals surface area contributed by atoms with Crippen molar-refractivity contribution in [2.45, 2.75) is 13.2 Å². The first-order chi connectivity index (χ1) is 9.24. The molecule has 5 heteroatoms. The number of hydrogen-bond acceptors (Lipinski definition) is 4. The van der Waals surface area contributed by atoms with Crippen molar-refractivity contribution in [2.75, 3.05) is 14.2 Å². The van der Waals surface area contributed by atoms with Crippen LogP contribution in [0, 0.1) is 0 Å². The van der Waals surface area contributed by atoms with Crippen LogP contribution in [0.4, 0.5) is 0 Å². The third kappa shape index (κ3) is 3.26. The number of aromatic nitrogens is 2. The van der Waals surface area contributed by atoms with E-state index in [2.05, 4.69) is 10.3 Å². The molecule has 0 radical (unpaired) electrons. The molecule has 0 aliphatic carbocycles. The zero-order chi connectivity index (χ0) is 13.7. The maximum Gasteiger partial charge on any atom is 0.162 e. The summed E-state index contributed by atoms with van der Waals surface area (Å²) in [6, 6.07) is 5.93. The number of ether oxygens (including phenoxy) is 2. The van der Waals surface area contributed by atoms with E-state index in [0.717, 1.165) is 29.3 Å². The Balaban J connectivity index is 2.13. The highest BCUT2D eigenvalue weighted by Gasteiger charge is 2.07. The lowest BCUT2D eigenvalue weighted by atomic mass is 10.2. The number of imidazole rings is 1. The molecule has 1 aromatic heterocycles. The molecule has 0 saturated carbocycles. The number of rotatable bonds is 6. The molecule has 0 atom stereocenters. The summed E-state index contributed by atoms with van der Waals surface area (Å²) in [4.78, 5) is 4.07. The largest absolute Gasteiger partial charge is 0.493 e. The standard InChI is InChI=1S/C14H19N3O2/c1-15-7-11-4-5-13(18-3)14(6-11)19-9-12-8-16-10-17(12)2/h4-6,8,10,15H,7,9H2,1-3H3. The molecular weight excluding hydrogens is 242 g/mol. The van der Waals surface area contributed by atoms with E-state index < -0.39 is 0 Å². The molecule has 2 aromatic rings. The van der Waals surface area contributed by atoms with Gasteiger partial charge in [0.2, 0.25) is 0 Å². The summed E-state index contributed by atoms with van der Waals surface area (Å²) >= 11 is 0. The lowest BCUT2D eigenvalue weighted by Gasteiger charge is -2.12. The average molecular weight is 261 g/mol. The van der Waals surface area contributed by atoms with Crippen LogP contribution < -0.4 is 14.8 Å². The van der Waals surface area contributed by atoms with Gasteiger partial charge in [-0.2, -0.15) is 0 Å². The van der Waals surface area contributed by atoms with Crippen molar-refractivity contribution >= 4 is 0 Å². The second-order valence-electron chi connectivity index (χ2n) is 4.30. The fourth-order valence-corrected chi connectivity index (χ4v) is 1.82. The fraction of sp³-hybridized carbons (Fsp3) is 0.357. The molecule has 19 heavy (non-hydrogen) atoms. The first kappa shape index (κ1) is 13.4. The molecule has 0 bridgehead atoms. The van der Waals surface area contributed by atoms with Gasteiger partial charge in [-0.05, 0) is 24.7 Å². The van der Waals surface area contributed by atoms with Crippen LogP contribution in [0.2, 0.25) is 0 Å². The Morgan fingerprint density at radius 1 is 1.32 bits per heavy atom. The van der Waals surface area contributed by atoms with Crippen LogP contribution in [0.15, 0.2) is 30.7 Å². The van der Waals surface area contributed by atoms with Gasteiger partial charge in [0, 0.05) is 13.6 Å². The van der Waals surface area contributed by atoms with Gasteiger partial charge < -0.3 is 19.4 Å². The molecule has 0 spiro atoms. The number of nitrogens with zero attached hydrogens (tertiary/aromatic N) is 2. The summed E-state index contributed by atoms with van der Waals surface area (Å²) in [5.41, 5.74) is 2.17. The fourth-order valence-electron chi connectivity index (χ4n) is 1.82.